The lowest BCUT2D eigenvalue weighted by molar-refractivity contribution is -0.150. The molecule has 7 heteroatoms. The lowest BCUT2D eigenvalue weighted by Gasteiger charge is -2.51. The molecule has 0 radical (unpaired) electrons. The topological polar surface area (TPSA) is 67.9 Å². The molecule has 3 aliphatic rings. The number of carbonyl (C=O) groups is 2. The Hall–Kier alpha value is -2.93. The number of nitrogens with zero attached hydrogens (tertiary/aromatic N) is 1. The number of hydrogen-bond acceptors (Lipinski definition) is 4. The van der Waals surface area contributed by atoms with E-state index in [1.807, 2.05) is 35.2 Å². The van der Waals surface area contributed by atoms with E-state index in [0.29, 0.717) is 67.9 Å². The molecule has 2 atom stereocenters. The lowest BCUT2D eigenvalue weighted by atomic mass is 9.77. The fourth-order valence-corrected chi connectivity index (χ4v) is 5.30. The summed E-state index contributed by atoms with van der Waals surface area (Å²) >= 11 is 0. The zero-order valence-electron chi connectivity index (χ0n) is 17.9. The van der Waals surface area contributed by atoms with Crippen molar-refractivity contribution in [2.75, 3.05) is 26.4 Å². The maximum atomic E-state index is 15.8. The third-order valence-corrected chi connectivity index (χ3v) is 6.80. The van der Waals surface area contributed by atoms with Gasteiger partial charge in [-0.3, -0.25) is 9.59 Å². The second kappa shape index (κ2) is 8.54. The summed E-state index contributed by atoms with van der Waals surface area (Å²) in [6.07, 6.45) is 2.66. The molecule has 5 rings (SSSR count). The van der Waals surface area contributed by atoms with Crippen molar-refractivity contribution in [3.63, 3.8) is 0 Å². The van der Waals surface area contributed by atoms with Crippen molar-refractivity contribution in [2.45, 2.75) is 43.7 Å². The average Bonchev–Trinajstić information content (AvgIpc) is 2.79. The molecule has 32 heavy (non-hydrogen) atoms. The molecule has 168 valence electrons. The third-order valence-electron chi connectivity index (χ3n) is 6.80. The predicted molar refractivity (Wildman–Crippen MR) is 117 cm³/mol. The quantitative estimate of drug-likeness (QED) is 0.687. The molecule has 0 saturated carbocycles. The summed E-state index contributed by atoms with van der Waals surface area (Å²) in [5.74, 6) is 0.1000. The number of fused-ring (bicyclic) bond motifs is 6. The zero-order chi connectivity index (χ0) is 22.1. The summed E-state index contributed by atoms with van der Waals surface area (Å²) < 4.78 is 27.4. The maximum absolute atomic E-state index is 15.8. The Morgan fingerprint density at radius 3 is 2.78 bits per heavy atom. The monoisotopic (exact) mass is 438 g/mol. The first kappa shape index (κ1) is 20.9. The van der Waals surface area contributed by atoms with Crippen molar-refractivity contribution in [2.24, 2.45) is 0 Å². The molecule has 3 heterocycles. The number of piperidine rings is 1. The number of ether oxygens (including phenoxy) is 2. The Labute approximate surface area is 186 Å². The van der Waals surface area contributed by atoms with Gasteiger partial charge in [-0.25, -0.2) is 4.39 Å². The van der Waals surface area contributed by atoms with Gasteiger partial charge >= 0.3 is 0 Å². The first-order chi connectivity index (χ1) is 15.6. The van der Waals surface area contributed by atoms with Crippen LogP contribution in [-0.4, -0.2) is 54.7 Å². The van der Waals surface area contributed by atoms with Gasteiger partial charge in [0.05, 0.1) is 24.8 Å². The van der Waals surface area contributed by atoms with E-state index in [1.165, 1.54) is 0 Å². The fourth-order valence-electron chi connectivity index (χ4n) is 5.30. The van der Waals surface area contributed by atoms with E-state index in [0.717, 1.165) is 6.42 Å². The minimum absolute atomic E-state index is 0.00147. The van der Waals surface area contributed by atoms with Gasteiger partial charge in [-0.05, 0) is 37.3 Å². The second-order valence-electron chi connectivity index (χ2n) is 8.83. The van der Waals surface area contributed by atoms with Crippen LogP contribution in [0.3, 0.4) is 0 Å². The van der Waals surface area contributed by atoms with E-state index in [4.69, 9.17) is 9.47 Å². The molecule has 2 saturated heterocycles. The highest BCUT2D eigenvalue weighted by molar-refractivity contribution is 5.80. The van der Waals surface area contributed by atoms with E-state index >= 15 is 4.39 Å². The van der Waals surface area contributed by atoms with Crippen molar-refractivity contribution < 1.29 is 23.5 Å². The van der Waals surface area contributed by atoms with Crippen molar-refractivity contribution in [1.82, 2.24) is 10.2 Å². The maximum Gasteiger partial charge on any atom is 0.246 e. The van der Waals surface area contributed by atoms with Crippen LogP contribution in [-0.2, 0) is 20.7 Å². The standard InChI is InChI=1S/C25H27FN2O4/c26-24-17-6-3-8-19(24)18-7-1-2-9-20(18)32-13-4-10-23(30)28-12-5-11-25(21(28)14-17)16-31-15-22(29)27-25/h1-3,6-9,21H,4-5,10-16H2,(H,27,29). The van der Waals surface area contributed by atoms with Crippen molar-refractivity contribution in [3.8, 4) is 16.9 Å². The number of amides is 2. The van der Waals surface area contributed by atoms with E-state index in [1.54, 1.807) is 12.1 Å². The molecule has 0 aliphatic carbocycles. The predicted octanol–water partition coefficient (Wildman–Crippen LogP) is 3.08. The molecule has 2 unspecified atom stereocenters. The molecular formula is C25H27FN2O4. The molecule has 3 aliphatic heterocycles. The third kappa shape index (κ3) is 3.75. The first-order valence-electron chi connectivity index (χ1n) is 11.3. The number of halogens is 1. The van der Waals surface area contributed by atoms with E-state index in [9.17, 15) is 9.59 Å². The van der Waals surface area contributed by atoms with Crippen LogP contribution in [0.15, 0.2) is 42.5 Å². The number of morpholine rings is 1. The minimum Gasteiger partial charge on any atom is -0.493 e. The largest absolute Gasteiger partial charge is 0.493 e. The molecule has 2 fully saturated rings. The number of benzene rings is 2. The van der Waals surface area contributed by atoms with Crippen molar-refractivity contribution in [1.29, 1.82) is 0 Å². The summed E-state index contributed by atoms with van der Waals surface area (Å²) in [5, 5.41) is 3.11. The average molecular weight is 438 g/mol. The van der Waals surface area contributed by atoms with E-state index in [2.05, 4.69) is 5.32 Å². The Morgan fingerprint density at radius 2 is 1.91 bits per heavy atom. The fraction of sp³-hybridized carbons (Fsp3) is 0.440. The number of nitrogens with one attached hydrogen (secondary N) is 1. The Balaban J connectivity index is 1.61. The minimum atomic E-state index is -0.708. The van der Waals surface area contributed by atoms with Gasteiger partial charge in [0.15, 0.2) is 0 Å². The summed E-state index contributed by atoms with van der Waals surface area (Å²) in [5.41, 5.74) is 0.978. The van der Waals surface area contributed by atoms with Crippen LogP contribution in [0.4, 0.5) is 4.39 Å². The Kier molecular flexibility index (Phi) is 5.59. The molecule has 6 nitrogen and oxygen atoms in total. The Bertz CT molecular complexity index is 1040. The van der Waals surface area contributed by atoms with Crippen LogP contribution < -0.4 is 10.1 Å². The normalized spacial score (nSPS) is 26.0. The van der Waals surface area contributed by atoms with Crippen molar-refractivity contribution >= 4 is 11.8 Å². The molecule has 1 N–H and O–H groups in total. The SMILES string of the molecule is O=C1COCC2(CCCN3C(=O)CCCOc4ccccc4-c4cccc(c4F)CC32)N1. The highest BCUT2D eigenvalue weighted by atomic mass is 19.1. The van der Waals surface area contributed by atoms with Gasteiger partial charge in [-0.1, -0.05) is 36.4 Å². The molecule has 2 bridgehead atoms. The second-order valence-corrected chi connectivity index (χ2v) is 8.83. The molecule has 2 aromatic rings. The van der Waals surface area contributed by atoms with Crippen LogP contribution in [0, 0.1) is 5.82 Å². The summed E-state index contributed by atoms with van der Waals surface area (Å²) in [6.45, 7) is 1.29. The molecule has 0 aromatic heterocycles. The van der Waals surface area contributed by atoms with Gasteiger partial charge < -0.3 is 19.7 Å². The van der Waals surface area contributed by atoms with Gasteiger partial charge in [0.2, 0.25) is 11.8 Å². The highest BCUT2D eigenvalue weighted by Gasteiger charge is 2.49. The Morgan fingerprint density at radius 1 is 1.06 bits per heavy atom. The first-order valence-corrected chi connectivity index (χ1v) is 11.3. The molecule has 2 aromatic carbocycles. The van der Waals surface area contributed by atoms with Gasteiger partial charge in [-0.15, -0.1) is 0 Å². The number of carbonyl (C=O) groups excluding carboxylic acids is 2. The van der Waals surface area contributed by atoms with Gasteiger partial charge in [0.1, 0.15) is 18.2 Å². The van der Waals surface area contributed by atoms with Gasteiger partial charge in [0, 0.05) is 24.1 Å². The number of para-hydroxylation sites is 1. The van der Waals surface area contributed by atoms with Crippen molar-refractivity contribution in [3.05, 3.63) is 53.8 Å². The number of hydrogen-bond donors (Lipinski definition) is 1. The van der Waals surface area contributed by atoms with Crippen LogP contribution in [0.2, 0.25) is 0 Å². The number of rotatable bonds is 0. The summed E-state index contributed by atoms with van der Waals surface area (Å²) in [7, 11) is 0. The van der Waals surface area contributed by atoms with E-state index in [-0.39, 0.29) is 30.3 Å². The van der Waals surface area contributed by atoms with E-state index < -0.39 is 5.54 Å². The lowest BCUT2D eigenvalue weighted by Crippen LogP contribution is -2.71. The smallest absolute Gasteiger partial charge is 0.246 e. The van der Waals surface area contributed by atoms with Crippen LogP contribution >= 0.6 is 0 Å². The van der Waals surface area contributed by atoms with Crippen LogP contribution in [0.25, 0.3) is 11.1 Å². The molecule has 1 spiro atoms. The van der Waals surface area contributed by atoms with Crippen LogP contribution in [0.5, 0.6) is 5.75 Å². The summed E-state index contributed by atoms with van der Waals surface area (Å²) in [4.78, 5) is 27.3. The summed E-state index contributed by atoms with van der Waals surface area (Å²) in [6, 6.07) is 12.4. The van der Waals surface area contributed by atoms with Gasteiger partial charge in [0.25, 0.3) is 0 Å². The molecular weight excluding hydrogens is 411 g/mol. The highest BCUT2D eigenvalue weighted by Crippen LogP contribution is 2.37. The van der Waals surface area contributed by atoms with Gasteiger partial charge in [-0.2, -0.15) is 0 Å². The zero-order valence-corrected chi connectivity index (χ0v) is 17.9. The molecule has 2 amide bonds. The van der Waals surface area contributed by atoms with Crippen LogP contribution in [0.1, 0.15) is 31.2 Å².